The van der Waals surface area contributed by atoms with Gasteiger partial charge in [-0.3, -0.25) is 19.3 Å². The molecule has 1 saturated heterocycles. The second kappa shape index (κ2) is 8.39. The van der Waals surface area contributed by atoms with Gasteiger partial charge in [0.25, 0.3) is 11.1 Å². The van der Waals surface area contributed by atoms with Gasteiger partial charge in [-0.2, -0.15) is 0 Å². The lowest BCUT2D eigenvalue weighted by molar-refractivity contribution is -0.122. The molecule has 2 amide bonds. The van der Waals surface area contributed by atoms with Crippen LogP contribution in [0.3, 0.4) is 0 Å². The second-order valence-corrected chi connectivity index (χ2v) is 8.28. The van der Waals surface area contributed by atoms with Crippen molar-refractivity contribution in [3.05, 3.63) is 87.8 Å². The van der Waals surface area contributed by atoms with Crippen molar-refractivity contribution in [2.75, 3.05) is 6.54 Å². The quantitative estimate of drug-likeness (QED) is 0.485. The minimum absolute atomic E-state index is 0.262. The predicted molar refractivity (Wildman–Crippen MR) is 116 cm³/mol. The first-order chi connectivity index (χ1) is 14.0. The summed E-state index contributed by atoms with van der Waals surface area (Å²) >= 11 is 7.50. The van der Waals surface area contributed by atoms with Gasteiger partial charge in [0.2, 0.25) is 0 Å². The lowest BCUT2D eigenvalue weighted by Gasteiger charge is -2.11. The Labute approximate surface area is 178 Å². The third kappa shape index (κ3) is 4.07. The van der Waals surface area contributed by atoms with Crippen molar-refractivity contribution in [1.82, 2.24) is 4.90 Å². The number of benzene rings is 2. The van der Waals surface area contributed by atoms with E-state index >= 15 is 0 Å². The SMILES string of the molecule is O=C(CN1C(=O)S/C(=C\C2=C(Cl)c3ccccc3CCC2)C1=O)c1ccccc1. The van der Waals surface area contributed by atoms with E-state index in [-0.39, 0.29) is 12.3 Å². The van der Waals surface area contributed by atoms with E-state index in [1.807, 2.05) is 24.3 Å². The summed E-state index contributed by atoms with van der Waals surface area (Å²) in [4.78, 5) is 38.9. The van der Waals surface area contributed by atoms with Crippen molar-refractivity contribution >= 4 is 45.3 Å². The molecule has 0 saturated carbocycles. The number of allylic oxidation sites excluding steroid dienone is 2. The van der Waals surface area contributed by atoms with Gasteiger partial charge in [0.1, 0.15) is 0 Å². The first-order valence-corrected chi connectivity index (χ1v) is 10.5. The third-order valence-corrected chi connectivity index (χ3v) is 6.36. The van der Waals surface area contributed by atoms with Crippen molar-refractivity contribution in [1.29, 1.82) is 0 Å². The zero-order chi connectivity index (χ0) is 20.4. The van der Waals surface area contributed by atoms with Gasteiger partial charge in [-0.1, -0.05) is 66.2 Å². The Bertz CT molecular complexity index is 1060. The van der Waals surface area contributed by atoms with E-state index in [9.17, 15) is 14.4 Å². The number of thioether (sulfide) groups is 1. The van der Waals surface area contributed by atoms with Gasteiger partial charge >= 0.3 is 0 Å². The lowest BCUT2D eigenvalue weighted by atomic mass is 10.0. The van der Waals surface area contributed by atoms with Gasteiger partial charge in [-0.05, 0) is 53.8 Å². The number of fused-ring (bicyclic) bond motifs is 1. The van der Waals surface area contributed by atoms with Crippen molar-refractivity contribution < 1.29 is 14.4 Å². The van der Waals surface area contributed by atoms with Crippen LogP contribution >= 0.6 is 23.4 Å². The molecule has 2 aromatic rings. The number of Topliss-reactive ketones (excluding diaryl/α,β-unsaturated/α-hetero) is 1. The molecule has 2 aliphatic rings. The van der Waals surface area contributed by atoms with E-state index in [1.165, 1.54) is 5.56 Å². The monoisotopic (exact) mass is 423 g/mol. The molecule has 0 aromatic heterocycles. The molecule has 146 valence electrons. The second-order valence-electron chi connectivity index (χ2n) is 6.91. The zero-order valence-corrected chi connectivity index (χ0v) is 17.1. The number of halogens is 1. The molecule has 1 aliphatic heterocycles. The van der Waals surface area contributed by atoms with Gasteiger partial charge in [0.15, 0.2) is 5.78 Å². The van der Waals surface area contributed by atoms with E-state index in [4.69, 9.17) is 11.6 Å². The Balaban J connectivity index is 1.58. The molecule has 0 unspecified atom stereocenters. The number of carbonyl (C=O) groups excluding carboxylic acids is 3. The average molecular weight is 424 g/mol. The fourth-order valence-electron chi connectivity index (χ4n) is 3.49. The summed E-state index contributed by atoms with van der Waals surface area (Å²) < 4.78 is 0. The lowest BCUT2D eigenvalue weighted by Crippen LogP contribution is -2.33. The maximum absolute atomic E-state index is 12.8. The van der Waals surface area contributed by atoms with Gasteiger partial charge in [-0.25, -0.2) is 0 Å². The van der Waals surface area contributed by atoms with Crippen LogP contribution in [0.25, 0.3) is 5.03 Å². The number of hydrogen-bond donors (Lipinski definition) is 0. The number of hydrogen-bond acceptors (Lipinski definition) is 4. The van der Waals surface area contributed by atoms with Crippen molar-refractivity contribution in [3.8, 4) is 0 Å². The van der Waals surface area contributed by atoms with Crippen molar-refractivity contribution in [2.45, 2.75) is 19.3 Å². The summed E-state index contributed by atoms with van der Waals surface area (Å²) in [5, 5.41) is 0.182. The number of imide groups is 1. The number of amides is 2. The summed E-state index contributed by atoms with van der Waals surface area (Å²) in [6.45, 7) is -0.262. The topological polar surface area (TPSA) is 54.5 Å². The molecule has 29 heavy (non-hydrogen) atoms. The summed E-state index contributed by atoms with van der Waals surface area (Å²) in [5.74, 6) is -0.714. The normalized spacial score (nSPS) is 18.2. The molecule has 4 rings (SSSR count). The predicted octanol–water partition coefficient (Wildman–Crippen LogP) is 5.44. The molecule has 1 fully saturated rings. The highest BCUT2D eigenvalue weighted by molar-refractivity contribution is 8.18. The summed E-state index contributed by atoms with van der Waals surface area (Å²) in [6, 6.07) is 16.6. The van der Waals surface area contributed by atoms with Crippen LogP contribution in [-0.2, 0) is 11.2 Å². The minimum atomic E-state index is -0.446. The molecule has 4 nitrogen and oxygen atoms in total. The molecule has 2 aromatic carbocycles. The van der Waals surface area contributed by atoms with Crippen LogP contribution in [0.4, 0.5) is 4.79 Å². The Hall–Kier alpha value is -2.63. The Morgan fingerprint density at radius 2 is 1.76 bits per heavy atom. The largest absolute Gasteiger partial charge is 0.293 e. The molecule has 6 heteroatoms. The maximum atomic E-state index is 12.8. The van der Waals surface area contributed by atoms with E-state index in [1.54, 1.807) is 30.3 Å². The minimum Gasteiger partial charge on any atom is -0.292 e. The molecule has 0 atom stereocenters. The molecular weight excluding hydrogens is 406 g/mol. The highest BCUT2D eigenvalue weighted by Crippen LogP contribution is 2.37. The van der Waals surface area contributed by atoms with Crippen LogP contribution in [0, 0.1) is 0 Å². The van der Waals surface area contributed by atoms with E-state index in [0.717, 1.165) is 47.1 Å². The van der Waals surface area contributed by atoms with Crippen molar-refractivity contribution in [2.24, 2.45) is 0 Å². The third-order valence-electron chi connectivity index (χ3n) is 5.00. The van der Waals surface area contributed by atoms with Crippen molar-refractivity contribution in [3.63, 3.8) is 0 Å². The maximum Gasteiger partial charge on any atom is 0.293 e. The molecule has 1 heterocycles. The summed E-state index contributed by atoms with van der Waals surface area (Å²) in [6.07, 6.45) is 4.26. The Morgan fingerprint density at radius 1 is 1.03 bits per heavy atom. The summed E-state index contributed by atoms with van der Waals surface area (Å²) in [7, 11) is 0. The van der Waals surface area contributed by atoms with Crippen LogP contribution in [0.5, 0.6) is 0 Å². The van der Waals surface area contributed by atoms with Crippen LogP contribution in [0.15, 0.2) is 71.2 Å². The van der Waals surface area contributed by atoms with E-state index in [2.05, 4.69) is 6.07 Å². The zero-order valence-electron chi connectivity index (χ0n) is 15.6. The average Bonchev–Trinajstić information content (AvgIpc) is 2.90. The van der Waals surface area contributed by atoms with Gasteiger partial charge in [0, 0.05) is 5.56 Å². The van der Waals surface area contributed by atoms with Crippen LogP contribution in [0.2, 0.25) is 0 Å². The highest BCUT2D eigenvalue weighted by atomic mass is 35.5. The van der Waals surface area contributed by atoms with Crippen LogP contribution in [0.1, 0.15) is 34.3 Å². The first-order valence-electron chi connectivity index (χ1n) is 9.35. The van der Waals surface area contributed by atoms with Crippen LogP contribution < -0.4 is 0 Å². The molecule has 0 bridgehead atoms. The van der Waals surface area contributed by atoms with Crippen LogP contribution in [-0.4, -0.2) is 28.4 Å². The summed E-state index contributed by atoms with van der Waals surface area (Å²) in [5.41, 5.74) is 3.47. The Kier molecular flexibility index (Phi) is 5.69. The molecular formula is C23H18ClNO3S. The number of aryl methyl sites for hydroxylation is 1. The van der Waals surface area contributed by atoms with Gasteiger partial charge in [0.05, 0.1) is 16.5 Å². The molecule has 0 radical (unpaired) electrons. The van der Waals surface area contributed by atoms with E-state index in [0.29, 0.717) is 15.5 Å². The number of rotatable bonds is 4. The smallest absolute Gasteiger partial charge is 0.292 e. The fraction of sp³-hybridized carbons (Fsp3) is 0.174. The Morgan fingerprint density at radius 3 is 2.55 bits per heavy atom. The number of carbonyl (C=O) groups is 3. The number of ketones is 1. The van der Waals surface area contributed by atoms with Gasteiger partial charge < -0.3 is 0 Å². The molecule has 0 spiro atoms. The number of nitrogens with zero attached hydrogens (tertiary/aromatic N) is 1. The standard InChI is InChI=1S/C23H18ClNO3S/c24-21-17(11-6-10-15-7-4-5-12-18(15)21)13-20-22(27)25(23(28)29-20)14-19(26)16-8-2-1-3-9-16/h1-5,7-9,12-13H,6,10-11,14H2/b20-13-. The van der Waals surface area contributed by atoms with E-state index < -0.39 is 11.1 Å². The van der Waals surface area contributed by atoms with Gasteiger partial charge in [-0.15, -0.1) is 0 Å². The highest BCUT2D eigenvalue weighted by Gasteiger charge is 2.36. The molecule has 1 aliphatic carbocycles. The fourth-order valence-corrected chi connectivity index (χ4v) is 4.67. The first kappa shape index (κ1) is 19.7. The molecule has 0 N–H and O–H groups in total.